The Morgan fingerprint density at radius 3 is 2.67 bits per heavy atom. The summed E-state index contributed by atoms with van der Waals surface area (Å²) in [6.07, 6.45) is 5.46. The van der Waals surface area contributed by atoms with Crippen molar-refractivity contribution < 1.29 is 0 Å². The van der Waals surface area contributed by atoms with Crippen LogP contribution in [-0.2, 0) is 0 Å². The molecule has 1 aliphatic carbocycles. The summed E-state index contributed by atoms with van der Waals surface area (Å²) in [6, 6.07) is 5.77. The first kappa shape index (κ1) is 17.3. The van der Waals surface area contributed by atoms with Gasteiger partial charge in [-0.3, -0.25) is 9.36 Å². The summed E-state index contributed by atoms with van der Waals surface area (Å²) < 4.78 is 1.42. The number of halogens is 2. The molecular formula is C17H20Cl2N4O. The summed E-state index contributed by atoms with van der Waals surface area (Å²) in [4.78, 5) is 17.1. The van der Waals surface area contributed by atoms with Crippen LogP contribution in [0.5, 0.6) is 0 Å². The van der Waals surface area contributed by atoms with Gasteiger partial charge in [-0.05, 0) is 44.7 Å². The number of rotatable bonds is 3. The third-order valence-corrected chi connectivity index (χ3v) is 5.31. The van der Waals surface area contributed by atoms with E-state index in [0.29, 0.717) is 33.2 Å². The number of nitrogens with zero attached hydrogens (tertiary/aromatic N) is 2. The molecule has 1 saturated carbocycles. The maximum atomic E-state index is 12.7. The van der Waals surface area contributed by atoms with Crippen molar-refractivity contribution >= 4 is 29.0 Å². The minimum atomic E-state index is -0.163. The van der Waals surface area contributed by atoms with E-state index in [0.717, 1.165) is 25.7 Å². The Labute approximate surface area is 150 Å². The molecule has 3 N–H and O–H groups in total. The Hall–Kier alpha value is -1.56. The van der Waals surface area contributed by atoms with Crippen molar-refractivity contribution in [2.45, 2.75) is 44.7 Å². The lowest BCUT2D eigenvalue weighted by molar-refractivity contribution is 0.410. The molecule has 1 fully saturated rings. The van der Waals surface area contributed by atoms with E-state index in [-0.39, 0.29) is 11.6 Å². The molecule has 1 heterocycles. The fourth-order valence-corrected chi connectivity index (χ4v) is 3.39. The van der Waals surface area contributed by atoms with Crippen molar-refractivity contribution in [1.82, 2.24) is 9.55 Å². The average Bonchev–Trinajstić information content (AvgIpc) is 2.57. The van der Waals surface area contributed by atoms with E-state index in [2.05, 4.69) is 10.3 Å². The minimum Gasteiger partial charge on any atom is -0.367 e. The molecule has 0 bridgehead atoms. The van der Waals surface area contributed by atoms with Crippen LogP contribution in [0.25, 0.3) is 5.69 Å². The van der Waals surface area contributed by atoms with Crippen molar-refractivity contribution in [1.29, 1.82) is 0 Å². The van der Waals surface area contributed by atoms with Crippen molar-refractivity contribution in [3.05, 3.63) is 50.5 Å². The number of nitrogens with one attached hydrogen (secondary N) is 1. The zero-order valence-electron chi connectivity index (χ0n) is 13.4. The van der Waals surface area contributed by atoms with Crippen molar-refractivity contribution in [2.24, 2.45) is 5.73 Å². The van der Waals surface area contributed by atoms with Crippen LogP contribution in [-0.4, -0.2) is 21.6 Å². The average molecular weight is 367 g/mol. The van der Waals surface area contributed by atoms with Gasteiger partial charge in [0.05, 0.1) is 21.3 Å². The second kappa shape index (κ2) is 7.13. The summed E-state index contributed by atoms with van der Waals surface area (Å²) in [5.41, 5.74) is 6.86. The molecule has 24 heavy (non-hydrogen) atoms. The fourth-order valence-electron chi connectivity index (χ4n) is 3.00. The molecule has 1 aromatic carbocycles. The molecule has 5 nitrogen and oxygen atoms in total. The van der Waals surface area contributed by atoms with Gasteiger partial charge in [-0.2, -0.15) is 0 Å². The lowest BCUT2D eigenvalue weighted by Crippen LogP contribution is -2.34. The van der Waals surface area contributed by atoms with E-state index in [1.54, 1.807) is 25.1 Å². The minimum absolute atomic E-state index is 0.163. The van der Waals surface area contributed by atoms with Crippen LogP contribution in [0.3, 0.4) is 0 Å². The van der Waals surface area contributed by atoms with Gasteiger partial charge in [0, 0.05) is 12.1 Å². The van der Waals surface area contributed by atoms with Gasteiger partial charge in [-0.25, -0.2) is 4.98 Å². The lowest BCUT2D eigenvalue weighted by Gasteiger charge is -2.27. The molecule has 3 rings (SSSR count). The first-order chi connectivity index (χ1) is 11.5. The number of anilines is 1. The van der Waals surface area contributed by atoms with Gasteiger partial charge in [0.15, 0.2) is 0 Å². The number of aromatic nitrogens is 2. The molecule has 0 atom stereocenters. The summed E-state index contributed by atoms with van der Waals surface area (Å²) in [5.74, 6) is 0.620. The Balaban J connectivity index is 1.89. The number of nitrogens with two attached hydrogens (primary N) is 1. The van der Waals surface area contributed by atoms with Crippen molar-refractivity contribution in [3.63, 3.8) is 0 Å². The van der Waals surface area contributed by atoms with Crippen LogP contribution >= 0.6 is 23.2 Å². The second-order valence-corrected chi connectivity index (χ2v) is 7.01. The molecule has 0 saturated heterocycles. The maximum Gasteiger partial charge on any atom is 0.262 e. The second-order valence-electron chi connectivity index (χ2n) is 6.22. The van der Waals surface area contributed by atoms with Crippen LogP contribution in [0.4, 0.5) is 5.82 Å². The zero-order valence-corrected chi connectivity index (χ0v) is 14.9. The highest BCUT2D eigenvalue weighted by molar-refractivity contribution is 6.43. The predicted octanol–water partition coefficient (Wildman–Crippen LogP) is 3.53. The molecule has 0 aliphatic heterocycles. The smallest absolute Gasteiger partial charge is 0.262 e. The number of hydrogen-bond donors (Lipinski definition) is 2. The lowest BCUT2D eigenvalue weighted by atomic mass is 9.92. The van der Waals surface area contributed by atoms with Crippen molar-refractivity contribution in [2.75, 3.05) is 5.32 Å². The van der Waals surface area contributed by atoms with Crippen LogP contribution < -0.4 is 16.6 Å². The van der Waals surface area contributed by atoms with Gasteiger partial charge in [-0.1, -0.05) is 29.3 Å². The Kier molecular flexibility index (Phi) is 5.13. The topological polar surface area (TPSA) is 72.9 Å². The molecule has 0 unspecified atom stereocenters. The molecule has 1 aliphatic rings. The summed E-state index contributed by atoms with van der Waals surface area (Å²) >= 11 is 12.3. The molecule has 2 aromatic rings. The van der Waals surface area contributed by atoms with Gasteiger partial charge >= 0.3 is 0 Å². The normalized spacial score (nSPS) is 20.8. The van der Waals surface area contributed by atoms with E-state index in [4.69, 9.17) is 28.9 Å². The van der Waals surface area contributed by atoms with Crippen LogP contribution in [0, 0.1) is 6.92 Å². The van der Waals surface area contributed by atoms with Gasteiger partial charge in [0.25, 0.3) is 5.56 Å². The van der Waals surface area contributed by atoms with E-state index >= 15 is 0 Å². The van der Waals surface area contributed by atoms with E-state index in [9.17, 15) is 4.79 Å². The zero-order chi connectivity index (χ0) is 17.3. The standard InChI is InChI=1S/C17H20Cl2N4O/c1-10-16(22-12-7-5-11(20)6-8-12)21-9-23(17(10)24)14-4-2-3-13(18)15(14)19/h2-4,9,11-12,22H,5-8,20H2,1H3/t11-,12+. The first-order valence-electron chi connectivity index (χ1n) is 8.02. The van der Waals surface area contributed by atoms with Crippen molar-refractivity contribution in [3.8, 4) is 5.69 Å². The third kappa shape index (κ3) is 3.43. The fraction of sp³-hybridized carbons (Fsp3) is 0.412. The highest BCUT2D eigenvalue weighted by Gasteiger charge is 2.20. The predicted molar refractivity (Wildman–Crippen MR) is 98.4 cm³/mol. The van der Waals surface area contributed by atoms with Gasteiger partial charge in [0.1, 0.15) is 12.1 Å². The number of hydrogen-bond acceptors (Lipinski definition) is 4. The molecule has 128 valence electrons. The maximum absolute atomic E-state index is 12.7. The molecule has 0 spiro atoms. The summed E-state index contributed by atoms with van der Waals surface area (Å²) in [7, 11) is 0. The first-order valence-corrected chi connectivity index (χ1v) is 8.77. The van der Waals surface area contributed by atoms with Crippen LogP contribution in [0.1, 0.15) is 31.2 Å². The molecule has 0 amide bonds. The quantitative estimate of drug-likeness (QED) is 0.871. The van der Waals surface area contributed by atoms with Crippen LogP contribution in [0.15, 0.2) is 29.3 Å². The monoisotopic (exact) mass is 366 g/mol. The van der Waals surface area contributed by atoms with Gasteiger partial charge in [0.2, 0.25) is 0 Å². The molecule has 0 radical (unpaired) electrons. The van der Waals surface area contributed by atoms with E-state index in [1.807, 2.05) is 0 Å². The third-order valence-electron chi connectivity index (χ3n) is 4.50. The molecule has 7 heteroatoms. The Bertz CT molecular complexity index is 798. The Morgan fingerprint density at radius 2 is 1.96 bits per heavy atom. The molecule has 1 aromatic heterocycles. The SMILES string of the molecule is Cc1c(N[C@H]2CC[C@@H](N)CC2)ncn(-c2cccc(Cl)c2Cl)c1=O. The summed E-state index contributed by atoms with van der Waals surface area (Å²) in [6.45, 7) is 1.77. The van der Waals surface area contributed by atoms with Gasteiger partial charge < -0.3 is 11.1 Å². The van der Waals surface area contributed by atoms with Crippen LogP contribution in [0.2, 0.25) is 10.0 Å². The Morgan fingerprint density at radius 1 is 1.25 bits per heavy atom. The van der Waals surface area contributed by atoms with Gasteiger partial charge in [-0.15, -0.1) is 0 Å². The highest BCUT2D eigenvalue weighted by atomic mass is 35.5. The largest absolute Gasteiger partial charge is 0.367 e. The van der Waals surface area contributed by atoms with E-state index in [1.165, 1.54) is 10.9 Å². The highest BCUT2D eigenvalue weighted by Crippen LogP contribution is 2.28. The number of benzene rings is 1. The summed E-state index contributed by atoms with van der Waals surface area (Å²) in [5, 5.41) is 4.12. The molecular weight excluding hydrogens is 347 g/mol. The van der Waals surface area contributed by atoms with E-state index < -0.39 is 0 Å².